The van der Waals surface area contributed by atoms with E-state index >= 15 is 0 Å². The van der Waals surface area contributed by atoms with E-state index in [1.807, 2.05) is 43.3 Å². The molecule has 1 amide bonds. The number of carbonyl (C=O) groups excluding carboxylic acids is 1. The van der Waals surface area contributed by atoms with Crippen LogP contribution in [0.15, 0.2) is 48.8 Å². The van der Waals surface area contributed by atoms with Crippen molar-refractivity contribution >= 4 is 5.91 Å². The molecule has 0 aliphatic rings. The standard InChI is InChI=1S/C17H21N3O/c1-13-9-10-19-11-15(13)12-20-17(21)16(18)8-7-14-5-3-2-4-6-14/h2-6,9-11,16H,7-8,12,18H2,1H3,(H,20,21)/t16-/m0/s1. The van der Waals surface area contributed by atoms with Crippen LogP contribution in [0.5, 0.6) is 0 Å². The lowest BCUT2D eigenvalue weighted by Gasteiger charge is -2.13. The highest BCUT2D eigenvalue weighted by Crippen LogP contribution is 2.06. The normalized spacial score (nSPS) is 11.9. The zero-order valence-electron chi connectivity index (χ0n) is 12.3. The Bertz CT molecular complexity index is 584. The van der Waals surface area contributed by atoms with Crippen LogP contribution in [0, 0.1) is 6.92 Å². The van der Waals surface area contributed by atoms with Gasteiger partial charge in [0.25, 0.3) is 0 Å². The summed E-state index contributed by atoms with van der Waals surface area (Å²) in [6.07, 6.45) is 4.96. The van der Waals surface area contributed by atoms with Crippen molar-refractivity contribution in [2.24, 2.45) is 5.73 Å². The Hall–Kier alpha value is -2.20. The van der Waals surface area contributed by atoms with E-state index in [1.54, 1.807) is 12.4 Å². The summed E-state index contributed by atoms with van der Waals surface area (Å²) in [6.45, 7) is 2.47. The number of carbonyl (C=O) groups is 1. The molecule has 4 heteroatoms. The third kappa shape index (κ3) is 4.68. The van der Waals surface area contributed by atoms with Crippen LogP contribution in [-0.2, 0) is 17.8 Å². The first kappa shape index (κ1) is 15.2. The molecule has 0 aliphatic carbocycles. The summed E-state index contributed by atoms with van der Waals surface area (Å²) in [5.41, 5.74) is 9.27. The zero-order chi connectivity index (χ0) is 15.1. The number of nitrogens with two attached hydrogens (primary N) is 1. The highest BCUT2D eigenvalue weighted by Gasteiger charge is 2.13. The molecule has 0 aliphatic heterocycles. The van der Waals surface area contributed by atoms with Crippen LogP contribution in [0.4, 0.5) is 0 Å². The Balaban J connectivity index is 1.79. The first-order chi connectivity index (χ1) is 10.2. The van der Waals surface area contributed by atoms with Gasteiger partial charge in [0.2, 0.25) is 5.91 Å². The summed E-state index contributed by atoms with van der Waals surface area (Å²) in [7, 11) is 0. The van der Waals surface area contributed by atoms with Gasteiger partial charge in [-0.05, 0) is 42.5 Å². The minimum absolute atomic E-state index is 0.116. The molecule has 1 aromatic carbocycles. The van der Waals surface area contributed by atoms with Crippen molar-refractivity contribution in [2.75, 3.05) is 0 Å². The molecule has 0 saturated carbocycles. The maximum Gasteiger partial charge on any atom is 0.237 e. The lowest BCUT2D eigenvalue weighted by atomic mass is 10.1. The molecule has 0 bridgehead atoms. The predicted octanol–water partition coefficient (Wildman–Crippen LogP) is 1.97. The van der Waals surface area contributed by atoms with Crippen molar-refractivity contribution in [3.63, 3.8) is 0 Å². The van der Waals surface area contributed by atoms with Crippen LogP contribution in [0.1, 0.15) is 23.1 Å². The van der Waals surface area contributed by atoms with Crippen LogP contribution in [0.2, 0.25) is 0 Å². The summed E-state index contributed by atoms with van der Waals surface area (Å²) in [5, 5.41) is 2.87. The van der Waals surface area contributed by atoms with Crippen molar-refractivity contribution in [1.82, 2.24) is 10.3 Å². The number of amides is 1. The van der Waals surface area contributed by atoms with E-state index in [0.717, 1.165) is 17.5 Å². The zero-order valence-corrected chi connectivity index (χ0v) is 12.3. The summed E-state index contributed by atoms with van der Waals surface area (Å²) in [6, 6.07) is 11.5. The van der Waals surface area contributed by atoms with Crippen LogP contribution in [0.3, 0.4) is 0 Å². The van der Waals surface area contributed by atoms with Gasteiger partial charge in [0, 0.05) is 18.9 Å². The fourth-order valence-corrected chi connectivity index (χ4v) is 2.09. The molecule has 1 atom stereocenters. The lowest BCUT2D eigenvalue weighted by molar-refractivity contribution is -0.122. The van der Waals surface area contributed by atoms with Crippen LogP contribution < -0.4 is 11.1 Å². The Labute approximate surface area is 125 Å². The molecule has 0 radical (unpaired) electrons. The second-order valence-electron chi connectivity index (χ2n) is 5.15. The number of benzene rings is 1. The molecule has 2 rings (SSSR count). The molecule has 0 fully saturated rings. The van der Waals surface area contributed by atoms with E-state index in [2.05, 4.69) is 10.3 Å². The number of aromatic nitrogens is 1. The van der Waals surface area contributed by atoms with E-state index in [9.17, 15) is 4.79 Å². The summed E-state index contributed by atoms with van der Waals surface area (Å²) in [5.74, 6) is -0.116. The smallest absolute Gasteiger partial charge is 0.237 e. The first-order valence-corrected chi connectivity index (χ1v) is 7.13. The molecule has 1 aromatic heterocycles. The van der Waals surface area contributed by atoms with Crippen LogP contribution in [-0.4, -0.2) is 16.9 Å². The molecule has 0 saturated heterocycles. The van der Waals surface area contributed by atoms with E-state index in [4.69, 9.17) is 5.73 Å². The van der Waals surface area contributed by atoms with Gasteiger partial charge in [0.1, 0.15) is 0 Å². The molecule has 0 unspecified atom stereocenters. The monoisotopic (exact) mass is 283 g/mol. The molecular formula is C17H21N3O. The van der Waals surface area contributed by atoms with Crippen LogP contribution in [0.25, 0.3) is 0 Å². The van der Waals surface area contributed by atoms with Gasteiger partial charge in [-0.1, -0.05) is 30.3 Å². The Morgan fingerprint density at radius 3 is 2.76 bits per heavy atom. The fourth-order valence-electron chi connectivity index (χ4n) is 2.09. The third-order valence-electron chi connectivity index (χ3n) is 3.52. The molecule has 2 aromatic rings. The number of pyridine rings is 1. The summed E-state index contributed by atoms with van der Waals surface area (Å²) in [4.78, 5) is 16.1. The van der Waals surface area contributed by atoms with Crippen molar-refractivity contribution in [3.8, 4) is 0 Å². The van der Waals surface area contributed by atoms with Crippen molar-refractivity contribution in [3.05, 3.63) is 65.5 Å². The SMILES string of the molecule is Cc1ccncc1CNC(=O)[C@@H](N)CCc1ccccc1. The highest BCUT2D eigenvalue weighted by atomic mass is 16.2. The lowest BCUT2D eigenvalue weighted by Crippen LogP contribution is -2.40. The second kappa shape index (κ2) is 7.55. The molecule has 4 nitrogen and oxygen atoms in total. The molecule has 21 heavy (non-hydrogen) atoms. The Morgan fingerprint density at radius 2 is 2.05 bits per heavy atom. The maximum absolute atomic E-state index is 12.0. The summed E-state index contributed by atoms with van der Waals surface area (Å²) >= 11 is 0. The van der Waals surface area contributed by atoms with Gasteiger partial charge in [-0.15, -0.1) is 0 Å². The molecule has 3 N–H and O–H groups in total. The van der Waals surface area contributed by atoms with Crippen molar-refractivity contribution in [1.29, 1.82) is 0 Å². The number of hydrogen-bond acceptors (Lipinski definition) is 3. The molecule has 1 heterocycles. The van der Waals surface area contributed by atoms with Crippen molar-refractivity contribution < 1.29 is 4.79 Å². The average Bonchev–Trinajstić information content (AvgIpc) is 2.52. The number of nitrogens with one attached hydrogen (secondary N) is 1. The summed E-state index contributed by atoms with van der Waals surface area (Å²) < 4.78 is 0. The van der Waals surface area contributed by atoms with Crippen LogP contribution >= 0.6 is 0 Å². The average molecular weight is 283 g/mol. The predicted molar refractivity (Wildman–Crippen MR) is 83.6 cm³/mol. The minimum atomic E-state index is -0.484. The maximum atomic E-state index is 12.0. The first-order valence-electron chi connectivity index (χ1n) is 7.13. The Morgan fingerprint density at radius 1 is 1.29 bits per heavy atom. The number of rotatable bonds is 6. The molecular weight excluding hydrogens is 262 g/mol. The van der Waals surface area contributed by atoms with Gasteiger partial charge < -0.3 is 11.1 Å². The third-order valence-corrected chi connectivity index (χ3v) is 3.52. The van der Waals surface area contributed by atoms with E-state index < -0.39 is 6.04 Å². The largest absolute Gasteiger partial charge is 0.351 e. The molecule has 0 spiro atoms. The molecule has 110 valence electrons. The highest BCUT2D eigenvalue weighted by molar-refractivity contribution is 5.81. The van der Waals surface area contributed by atoms with Gasteiger partial charge in [-0.3, -0.25) is 9.78 Å². The second-order valence-corrected chi connectivity index (χ2v) is 5.15. The van der Waals surface area contributed by atoms with Gasteiger partial charge in [-0.25, -0.2) is 0 Å². The number of nitrogens with zero attached hydrogens (tertiary/aromatic N) is 1. The van der Waals surface area contributed by atoms with Gasteiger partial charge >= 0.3 is 0 Å². The number of hydrogen-bond donors (Lipinski definition) is 2. The van der Waals surface area contributed by atoms with Gasteiger partial charge in [-0.2, -0.15) is 0 Å². The van der Waals surface area contributed by atoms with E-state index in [-0.39, 0.29) is 5.91 Å². The van der Waals surface area contributed by atoms with Gasteiger partial charge in [0.05, 0.1) is 6.04 Å². The number of aryl methyl sites for hydroxylation is 2. The Kier molecular flexibility index (Phi) is 5.46. The van der Waals surface area contributed by atoms with E-state index in [1.165, 1.54) is 5.56 Å². The minimum Gasteiger partial charge on any atom is -0.351 e. The van der Waals surface area contributed by atoms with E-state index in [0.29, 0.717) is 13.0 Å². The van der Waals surface area contributed by atoms with Gasteiger partial charge in [0.15, 0.2) is 0 Å². The fraction of sp³-hybridized carbons (Fsp3) is 0.294. The topological polar surface area (TPSA) is 68.0 Å². The quantitative estimate of drug-likeness (QED) is 0.851. The van der Waals surface area contributed by atoms with Crippen molar-refractivity contribution in [2.45, 2.75) is 32.4 Å².